The van der Waals surface area contributed by atoms with E-state index in [0.29, 0.717) is 11.7 Å². The Bertz CT molecular complexity index is 954. The molecule has 0 aromatic heterocycles. The molecule has 1 unspecified atom stereocenters. The summed E-state index contributed by atoms with van der Waals surface area (Å²) in [5, 5.41) is 4.16. The number of rotatable bonds is 7. The first-order chi connectivity index (χ1) is 14.7. The maximum absolute atomic E-state index is 12.1. The molecule has 2 aromatic carbocycles. The largest absolute Gasteiger partial charge is 0.484 e. The van der Waals surface area contributed by atoms with Gasteiger partial charge in [0.15, 0.2) is 6.61 Å². The average molecular weight is 486 g/mol. The van der Waals surface area contributed by atoms with Crippen molar-refractivity contribution in [3.63, 3.8) is 0 Å². The molecule has 1 amide bonds. The monoisotopic (exact) mass is 485 g/mol. The van der Waals surface area contributed by atoms with Crippen LogP contribution < -0.4 is 15.1 Å². The Labute approximate surface area is 194 Å². The number of ether oxygens (including phenoxy) is 1. The lowest BCUT2D eigenvalue weighted by Crippen LogP contribution is -2.48. The van der Waals surface area contributed by atoms with E-state index in [-0.39, 0.29) is 18.1 Å². The number of benzene rings is 2. The predicted molar refractivity (Wildman–Crippen MR) is 131 cm³/mol. The van der Waals surface area contributed by atoms with E-state index in [2.05, 4.69) is 78.1 Å². The van der Waals surface area contributed by atoms with E-state index in [1.54, 1.807) is 18.3 Å². The number of nitrogens with one attached hydrogen (secondary N) is 1. The second-order valence-electron chi connectivity index (χ2n) is 8.87. The van der Waals surface area contributed by atoms with Gasteiger partial charge in [-0.25, -0.2) is 5.43 Å². The van der Waals surface area contributed by atoms with Crippen LogP contribution >= 0.6 is 15.9 Å². The summed E-state index contributed by atoms with van der Waals surface area (Å²) in [5.41, 5.74) is 7.55. The van der Waals surface area contributed by atoms with Crippen LogP contribution in [0.15, 0.2) is 46.0 Å². The summed E-state index contributed by atoms with van der Waals surface area (Å²) >= 11 is 3.37. The Morgan fingerprint density at radius 2 is 2.03 bits per heavy atom. The summed E-state index contributed by atoms with van der Waals surface area (Å²) < 4.78 is 6.44. The Morgan fingerprint density at radius 3 is 2.71 bits per heavy atom. The minimum absolute atomic E-state index is 0.0831. The Balaban J connectivity index is 1.68. The van der Waals surface area contributed by atoms with Crippen molar-refractivity contribution < 1.29 is 9.53 Å². The average Bonchev–Trinajstić information content (AvgIpc) is 2.71. The highest BCUT2D eigenvalue weighted by atomic mass is 79.9. The highest BCUT2D eigenvalue weighted by Gasteiger charge is 2.36. The van der Waals surface area contributed by atoms with Crippen molar-refractivity contribution in [3.05, 3.63) is 57.6 Å². The number of anilines is 1. The molecule has 166 valence electrons. The fourth-order valence-electron chi connectivity index (χ4n) is 4.32. The zero-order chi connectivity index (χ0) is 22.6. The van der Waals surface area contributed by atoms with Crippen LogP contribution in [-0.4, -0.2) is 30.8 Å². The minimum atomic E-state index is -0.293. The fraction of sp³-hybridized carbons (Fsp3) is 0.440. The Hall–Kier alpha value is -2.34. The zero-order valence-corrected chi connectivity index (χ0v) is 20.6. The number of halogens is 1. The molecule has 1 aliphatic heterocycles. The molecule has 1 heterocycles. The van der Waals surface area contributed by atoms with Crippen molar-refractivity contribution in [2.24, 2.45) is 5.10 Å². The van der Waals surface area contributed by atoms with Crippen molar-refractivity contribution in [1.82, 2.24) is 5.43 Å². The van der Waals surface area contributed by atoms with E-state index in [1.807, 2.05) is 12.1 Å². The third-order valence-electron chi connectivity index (χ3n) is 5.80. The van der Waals surface area contributed by atoms with Crippen LogP contribution in [0, 0.1) is 6.92 Å². The van der Waals surface area contributed by atoms with Crippen molar-refractivity contribution >= 4 is 33.7 Å². The van der Waals surface area contributed by atoms with E-state index in [4.69, 9.17) is 4.74 Å². The molecule has 0 spiro atoms. The number of carbonyl (C=O) groups excluding carboxylic acids is 1. The number of hydrazone groups is 1. The molecule has 0 bridgehead atoms. The SMILES string of the molecule is CCCN1c2cc(C)c(/C=N\NC(=O)COc3ccc(Br)cc3)cc2C(C)CC1(C)C. The molecule has 0 aliphatic carbocycles. The van der Waals surface area contributed by atoms with Gasteiger partial charge >= 0.3 is 0 Å². The predicted octanol–water partition coefficient (Wildman–Crippen LogP) is 5.79. The second-order valence-corrected chi connectivity index (χ2v) is 9.79. The fourth-order valence-corrected chi connectivity index (χ4v) is 4.59. The lowest BCUT2D eigenvalue weighted by atomic mass is 9.79. The number of carbonyl (C=O) groups is 1. The molecule has 5 nitrogen and oxygen atoms in total. The quantitative estimate of drug-likeness (QED) is 0.398. The molecule has 2 aromatic rings. The van der Waals surface area contributed by atoms with Gasteiger partial charge < -0.3 is 9.64 Å². The number of nitrogens with zero attached hydrogens (tertiary/aromatic N) is 2. The smallest absolute Gasteiger partial charge is 0.277 e. The number of fused-ring (bicyclic) bond motifs is 1. The highest BCUT2D eigenvalue weighted by molar-refractivity contribution is 9.10. The first-order valence-electron chi connectivity index (χ1n) is 10.8. The summed E-state index contributed by atoms with van der Waals surface area (Å²) in [6.07, 6.45) is 3.96. The Morgan fingerprint density at radius 1 is 1.32 bits per heavy atom. The topological polar surface area (TPSA) is 53.9 Å². The van der Waals surface area contributed by atoms with Gasteiger partial charge in [-0.15, -0.1) is 0 Å². The van der Waals surface area contributed by atoms with Gasteiger partial charge in [0, 0.05) is 22.2 Å². The van der Waals surface area contributed by atoms with Crippen LogP contribution in [0.1, 0.15) is 63.1 Å². The van der Waals surface area contributed by atoms with Gasteiger partial charge in [-0.05, 0) is 92.6 Å². The van der Waals surface area contributed by atoms with Crippen LogP contribution in [0.4, 0.5) is 5.69 Å². The maximum Gasteiger partial charge on any atom is 0.277 e. The van der Waals surface area contributed by atoms with Gasteiger partial charge in [0.2, 0.25) is 0 Å². The maximum atomic E-state index is 12.1. The van der Waals surface area contributed by atoms with Crippen molar-refractivity contribution in [1.29, 1.82) is 0 Å². The van der Waals surface area contributed by atoms with Gasteiger partial charge in [0.1, 0.15) is 5.75 Å². The molecule has 31 heavy (non-hydrogen) atoms. The van der Waals surface area contributed by atoms with Gasteiger partial charge in [0.25, 0.3) is 5.91 Å². The zero-order valence-electron chi connectivity index (χ0n) is 19.0. The normalized spacial score (nSPS) is 17.5. The first-order valence-corrected chi connectivity index (χ1v) is 11.6. The van der Waals surface area contributed by atoms with E-state index < -0.39 is 0 Å². The molecular weight excluding hydrogens is 454 g/mol. The molecule has 1 N–H and O–H groups in total. The lowest BCUT2D eigenvalue weighted by molar-refractivity contribution is -0.123. The van der Waals surface area contributed by atoms with Crippen LogP contribution in [0.25, 0.3) is 0 Å². The molecule has 1 aliphatic rings. The summed E-state index contributed by atoms with van der Waals surface area (Å²) in [4.78, 5) is 14.6. The molecule has 3 rings (SSSR count). The third-order valence-corrected chi connectivity index (χ3v) is 6.33. The molecule has 0 saturated heterocycles. The van der Waals surface area contributed by atoms with Crippen molar-refractivity contribution in [3.8, 4) is 5.75 Å². The van der Waals surface area contributed by atoms with E-state index in [1.165, 1.54) is 11.3 Å². The summed E-state index contributed by atoms with van der Waals surface area (Å²) in [5.74, 6) is 0.820. The van der Waals surface area contributed by atoms with Crippen molar-refractivity contribution in [2.75, 3.05) is 18.1 Å². The van der Waals surface area contributed by atoms with Gasteiger partial charge in [-0.2, -0.15) is 5.10 Å². The molecule has 6 heteroatoms. The highest BCUT2D eigenvalue weighted by Crippen LogP contribution is 2.44. The van der Waals surface area contributed by atoms with Gasteiger partial charge in [-0.1, -0.05) is 29.8 Å². The lowest BCUT2D eigenvalue weighted by Gasteiger charge is -2.48. The molecule has 0 radical (unpaired) electrons. The Kier molecular flexibility index (Phi) is 7.42. The number of amides is 1. The molecule has 0 saturated carbocycles. The number of aryl methyl sites for hydroxylation is 1. The van der Waals surface area contributed by atoms with E-state index in [9.17, 15) is 4.79 Å². The van der Waals surface area contributed by atoms with Crippen LogP contribution in [-0.2, 0) is 4.79 Å². The van der Waals surface area contributed by atoms with Crippen LogP contribution in [0.5, 0.6) is 5.75 Å². The first kappa shape index (κ1) is 23.3. The minimum Gasteiger partial charge on any atom is -0.484 e. The van der Waals surface area contributed by atoms with Gasteiger partial charge in [-0.3, -0.25) is 4.79 Å². The number of hydrogen-bond donors (Lipinski definition) is 1. The second kappa shape index (κ2) is 9.86. The third kappa shape index (κ3) is 5.67. The van der Waals surface area contributed by atoms with Crippen LogP contribution in [0.3, 0.4) is 0 Å². The summed E-state index contributed by atoms with van der Waals surface area (Å²) in [6, 6.07) is 11.8. The molecular formula is C25H32BrN3O2. The summed E-state index contributed by atoms with van der Waals surface area (Å²) in [6.45, 7) is 12.2. The van der Waals surface area contributed by atoms with Crippen LogP contribution in [0.2, 0.25) is 0 Å². The standard InChI is InChI=1S/C25H32BrN3O2/c1-6-11-29-23-12-17(2)19(13-22(23)18(3)14-25(29,4)5)15-27-28-24(30)16-31-21-9-7-20(26)8-10-21/h7-10,12-13,15,18H,6,11,14,16H2,1-5H3,(H,28,30)/b27-15-. The van der Waals surface area contributed by atoms with Crippen molar-refractivity contribution in [2.45, 2.75) is 58.9 Å². The van der Waals surface area contributed by atoms with Gasteiger partial charge in [0.05, 0.1) is 6.21 Å². The number of hydrogen-bond acceptors (Lipinski definition) is 4. The molecule has 0 fully saturated rings. The van der Waals surface area contributed by atoms with E-state index >= 15 is 0 Å². The summed E-state index contributed by atoms with van der Waals surface area (Å²) in [7, 11) is 0. The molecule has 1 atom stereocenters. The van der Waals surface area contributed by atoms with E-state index in [0.717, 1.165) is 35.0 Å².